The lowest BCUT2D eigenvalue weighted by atomic mass is 10.0. The van der Waals surface area contributed by atoms with Gasteiger partial charge < -0.3 is 0 Å². The molecule has 0 atom stereocenters. The Morgan fingerprint density at radius 3 is 2.93 bits per heavy atom. The van der Waals surface area contributed by atoms with Crippen molar-refractivity contribution in [3.8, 4) is 0 Å². The summed E-state index contributed by atoms with van der Waals surface area (Å²) in [5.74, 6) is 0.777. The molecule has 1 aliphatic rings. The molecule has 14 heavy (non-hydrogen) atoms. The highest BCUT2D eigenvalue weighted by atomic mass is 79.9. The van der Waals surface area contributed by atoms with Gasteiger partial charge in [-0.05, 0) is 42.5 Å². The number of hydrogen-bond acceptors (Lipinski definition) is 1. The molecule has 1 aromatic carbocycles. The topological polar surface area (TPSA) is 12.9 Å². The third-order valence-electron chi connectivity index (χ3n) is 2.73. The number of pyridine rings is 1. The Labute approximate surface area is 91.3 Å². The first-order valence-corrected chi connectivity index (χ1v) is 5.68. The average molecular weight is 248 g/mol. The summed E-state index contributed by atoms with van der Waals surface area (Å²) < 4.78 is 1.14. The largest absolute Gasteiger partial charge is 0.256 e. The van der Waals surface area contributed by atoms with Crippen LogP contribution in [0, 0.1) is 0 Å². The smallest absolute Gasteiger partial charge is 0.0716 e. The van der Waals surface area contributed by atoms with Gasteiger partial charge in [-0.25, -0.2) is 0 Å². The number of benzene rings is 1. The van der Waals surface area contributed by atoms with Gasteiger partial charge >= 0.3 is 0 Å². The number of rotatable bonds is 1. The Morgan fingerprint density at radius 2 is 2.14 bits per heavy atom. The molecule has 3 rings (SSSR count). The summed E-state index contributed by atoms with van der Waals surface area (Å²) in [6.45, 7) is 0. The molecule has 0 bridgehead atoms. The van der Waals surface area contributed by atoms with E-state index in [1.807, 2.05) is 12.3 Å². The van der Waals surface area contributed by atoms with Gasteiger partial charge in [0.15, 0.2) is 0 Å². The van der Waals surface area contributed by atoms with E-state index in [-0.39, 0.29) is 0 Å². The van der Waals surface area contributed by atoms with Gasteiger partial charge in [0.1, 0.15) is 0 Å². The number of nitrogens with zero attached hydrogens (tertiary/aromatic N) is 1. The molecular weight excluding hydrogens is 238 g/mol. The average Bonchev–Trinajstić information content (AvgIpc) is 2.99. The van der Waals surface area contributed by atoms with E-state index in [2.05, 4.69) is 39.1 Å². The number of halogens is 1. The van der Waals surface area contributed by atoms with E-state index < -0.39 is 0 Å². The van der Waals surface area contributed by atoms with Crippen LogP contribution in [0.4, 0.5) is 0 Å². The van der Waals surface area contributed by atoms with Gasteiger partial charge in [0.2, 0.25) is 0 Å². The minimum Gasteiger partial charge on any atom is -0.256 e. The summed E-state index contributed by atoms with van der Waals surface area (Å²) in [7, 11) is 0. The summed E-state index contributed by atoms with van der Waals surface area (Å²) in [6.07, 6.45) is 4.52. The predicted octanol–water partition coefficient (Wildman–Crippen LogP) is 3.87. The molecular formula is C12H10BrN. The summed E-state index contributed by atoms with van der Waals surface area (Å²) >= 11 is 3.54. The van der Waals surface area contributed by atoms with Gasteiger partial charge in [-0.3, -0.25) is 4.98 Å². The van der Waals surface area contributed by atoms with E-state index in [1.165, 1.54) is 23.8 Å². The summed E-state index contributed by atoms with van der Waals surface area (Å²) in [5.41, 5.74) is 2.56. The Morgan fingerprint density at radius 1 is 1.29 bits per heavy atom. The fraction of sp³-hybridized carbons (Fsp3) is 0.250. The molecule has 1 heterocycles. The van der Waals surface area contributed by atoms with Crippen LogP contribution < -0.4 is 0 Å². The molecule has 1 fully saturated rings. The zero-order valence-electron chi connectivity index (χ0n) is 7.70. The van der Waals surface area contributed by atoms with Crippen LogP contribution in [0.15, 0.2) is 34.9 Å². The maximum Gasteiger partial charge on any atom is 0.0716 e. The summed E-state index contributed by atoms with van der Waals surface area (Å²) in [4.78, 5) is 4.38. The Kier molecular flexibility index (Phi) is 1.84. The van der Waals surface area contributed by atoms with Crippen molar-refractivity contribution in [1.82, 2.24) is 4.98 Å². The molecule has 1 saturated carbocycles. The number of hydrogen-bond donors (Lipinski definition) is 0. The second kappa shape index (κ2) is 3.06. The fourth-order valence-electron chi connectivity index (χ4n) is 1.91. The highest BCUT2D eigenvalue weighted by Gasteiger charge is 2.25. The lowest BCUT2D eigenvalue weighted by molar-refractivity contribution is 1.14. The van der Waals surface area contributed by atoms with Crippen LogP contribution in [0.3, 0.4) is 0 Å². The van der Waals surface area contributed by atoms with Crippen LogP contribution in [-0.2, 0) is 0 Å². The van der Waals surface area contributed by atoms with Crippen molar-refractivity contribution >= 4 is 26.8 Å². The first kappa shape index (κ1) is 8.42. The molecule has 0 saturated heterocycles. The fourth-order valence-corrected chi connectivity index (χ4v) is 2.37. The highest BCUT2D eigenvalue weighted by Crippen LogP contribution is 2.43. The molecule has 2 heteroatoms. The molecule has 1 aliphatic carbocycles. The third-order valence-corrected chi connectivity index (χ3v) is 3.19. The molecule has 0 amide bonds. The predicted molar refractivity (Wildman–Crippen MR) is 61.4 cm³/mol. The van der Waals surface area contributed by atoms with Gasteiger partial charge in [-0.2, -0.15) is 0 Å². The van der Waals surface area contributed by atoms with E-state index in [0.717, 1.165) is 15.9 Å². The minimum atomic E-state index is 0.777. The molecule has 0 N–H and O–H groups in total. The maximum absolute atomic E-state index is 4.38. The van der Waals surface area contributed by atoms with Crippen LogP contribution in [0.5, 0.6) is 0 Å². The van der Waals surface area contributed by atoms with Gasteiger partial charge in [0.05, 0.1) is 5.52 Å². The molecule has 1 aromatic heterocycles. The van der Waals surface area contributed by atoms with Crippen molar-refractivity contribution in [2.45, 2.75) is 18.8 Å². The van der Waals surface area contributed by atoms with Crippen molar-refractivity contribution in [2.75, 3.05) is 0 Å². The van der Waals surface area contributed by atoms with Crippen molar-refractivity contribution < 1.29 is 0 Å². The minimum absolute atomic E-state index is 0.777. The first-order valence-electron chi connectivity index (χ1n) is 4.89. The van der Waals surface area contributed by atoms with Gasteiger partial charge in [0, 0.05) is 16.1 Å². The zero-order valence-corrected chi connectivity index (χ0v) is 9.29. The van der Waals surface area contributed by atoms with E-state index in [9.17, 15) is 0 Å². The molecule has 1 nitrogen and oxygen atoms in total. The van der Waals surface area contributed by atoms with Crippen LogP contribution in [0.25, 0.3) is 10.9 Å². The molecule has 2 aromatic rings. The quantitative estimate of drug-likeness (QED) is 0.746. The van der Waals surface area contributed by atoms with Crippen molar-refractivity contribution in [3.63, 3.8) is 0 Å². The lowest BCUT2D eigenvalue weighted by Crippen LogP contribution is -1.85. The standard InChI is InChI=1S/C12H10BrN/c13-9-6-11(8-3-4-8)10-2-1-5-14-12(10)7-9/h1-2,5-8H,3-4H2. The second-order valence-corrected chi connectivity index (χ2v) is 4.76. The van der Waals surface area contributed by atoms with E-state index in [0.29, 0.717) is 0 Å². The van der Waals surface area contributed by atoms with Crippen LogP contribution >= 0.6 is 15.9 Å². The maximum atomic E-state index is 4.38. The normalized spacial score (nSPS) is 16.1. The monoisotopic (exact) mass is 247 g/mol. The third kappa shape index (κ3) is 1.34. The molecule has 0 radical (unpaired) electrons. The SMILES string of the molecule is Brc1cc(C2CC2)c2cccnc2c1. The van der Waals surface area contributed by atoms with Crippen molar-refractivity contribution in [2.24, 2.45) is 0 Å². The van der Waals surface area contributed by atoms with Gasteiger partial charge in [-0.15, -0.1) is 0 Å². The van der Waals surface area contributed by atoms with Crippen molar-refractivity contribution in [3.05, 3.63) is 40.5 Å². The summed E-state index contributed by atoms with van der Waals surface area (Å²) in [6, 6.07) is 8.51. The molecule has 0 spiro atoms. The Bertz CT molecular complexity index is 489. The highest BCUT2D eigenvalue weighted by molar-refractivity contribution is 9.10. The lowest BCUT2D eigenvalue weighted by Gasteiger charge is -2.05. The second-order valence-electron chi connectivity index (χ2n) is 3.84. The van der Waals surface area contributed by atoms with Gasteiger partial charge in [0.25, 0.3) is 0 Å². The van der Waals surface area contributed by atoms with Crippen molar-refractivity contribution in [1.29, 1.82) is 0 Å². The van der Waals surface area contributed by atoms with E-state index >= 15 is 0 Å². The van der Waals surface area contributed by atoms with Gasteiger partial charge in [-0.1, -0.05) is 22.0 Å². The van der Waals surface area contributed by atoms with Crippen LogP contribution in [0.1, 0.15) is 24.3 Å². The van der Waals surface area contributed by atoms with E-state index in [1.54, 1.807) is 0 Å². The summed E-state index contributed by atoms with van der Waals surface area (Å²) in [5, 5.41) is 1.32. The van der Waals surface area contributed by atoms with Crippen LogP contribution in [-0.4, -0.2) is 4.98 Å². The molecule has 70 valence electrons. The molecule has 0 aliphatic heterocycles. The number of fused-ring (bicyclic) bond motifs is 1. The number of aromatic nitrogens is 1. The Hall–Kier alpha value is -0.890. The first-order chi connectivity index (χ1) is 6.84. The zero-order chi connectivity index (χ0) is 9.54. The van der Waals surface area contributed by atoms with Crippen LogP contribution in [0.2, 0.25) is 0 Å². The Balaban J connectivity index is 2.34. The van der Waals surface area contributed by atoms with E-state index in [4.69, 9.17) is 0 Å². The molecule has 0 unspecified atom stereocenters.